The molecule has 0 spiro atoms. The zero-order valence-corrected chi connectivity index (χ0v) is 7.31. The third kappa shape index (κ3) is 2.93. The summed E-state index contributed by atoms with van der Waals surface area (Å²) in [4.78, 5) is 10.5. The third-order valence-electron chi connectivity index (χ3n) is 1.73. The maximum atomic E-state index is 13.0. The number of rotatable bonds is 2. The Balaban J connectivity index is 3.19. The molecular weight excluding hydrogens is 216 g/mol. The second-order valence-corrected chi connectivity index (χ2v) is 2.86. The molecule has 0 amide bonds. The van der Waals surface area contributed by atoms with Gasteiger partial charge in [0.15, 0.2) is 0 Å². The number of benzene rings is 1. The van der Waals surface area contributed by atoms with E-state index in [1.807, 2.05) is 0 Å². The lowest BCUT2D eigenvalue weighted by Crippen LogP contribution is -2.16. The molecule has 1 N–H and O–H groups in total. The Hall–Kier alpha value is -1.59. The van der Waals surface area contributed by atoms with Crippen LogP contribution in [0.2, 0.25) is 0 Å². The first kappa shape index (κ1) is 11.5. The smallest absolute Gasteiger partial charge is 0.393 e. The van der Waals surface area contributed by atoms with Gasteiger partial charge in [-0.3, -0.25) is 0 Å². The first-order valence-corrected chi connectivity index (χ1v) is 3.88. The van der Waals surface area contributed by atoms with Crippen molar-refractivity contribution in [2.24, 2.45) is 0 Å². The molecule has 0 heterocycles. The maximum absolute atomic E-state index is 13.0. The van der Waals surface area contributed by atoms with Crippen molar-refractivity contribution in [1.29, 1.82) is 0 Å². The lowest BCUT2D eigenvalue weighted by Gasteiger charge is -2.09. The lowest BCUT2D eigenvalue weighted by molar-refractivity contribution is -0.127. The molecule has 15 heavy (non-hydrogen) atoms. The summed E-state index contributed by atoms with van der Waals surface area (Å²) in [6.45, 7) is 0. The van der Waals surface area contributed by atoms with Crippen LogP contribution in [0.4, 0.5) is 17.6 Å². The van der Waals surface area contributed by atoms with E-state index in [-0.39, 0.29) is 0 Å². The van der Waals surface area contributed by atoms with Gasteiger partial charge >= 0.3 is 12.1 Å². The van der Waals surface area contributed by atoms with E-state index in [4.69, 9.17) is 5.11 Å². The molecule has 1 aromatic rings. The molecule has 0 aromatic heterocycles. The molecule has 2 nitrogen and oxygen atoms in total. The Morgan fingerprint density at radius 3 is 2.40 bits per heavy atom. The molecule has 1 aromatic carbocycles. The van der Waals surface area contributed by atoms with Gasteiger partial charge in [-0.1, -0.05) is 6.07 Å². The number of carboxylic acid groups (broad SMARTS) is 1. The van der Waals surface area contributed by atoms with Gasteiger partial charge in [0.1, 0.15) is 5.82 Å². The number of carboxylic acids is 1. The van der Waals surface area contributed by atoms with Gasteiger partial charge in [-0.25, -0.2) is 9.18 Å². The summed E-state index contributed by atoms with van der Waals surface area (Å²) >= 11 is 0. The third-order valence-corrected chi connectivity index (χ3v) is 1.73. The zero-order chi connectivity index (χ0) is 11.6. The van der Waals surface area contributed by atoms with Crippen LogP contribution in [0.3, 0.4) is 0 Å². The summed E-state index contributed by atoms with van der Waals surface area (Å²) < 4.78 is 49.0. The summed E-state index contributed by atoms with van der Waals surface area (Å²) in [7, 11) is 0. The monoisotopic (exact) mass is 222 g/mol. The largest absolute Gasteiger partial charge is 0.478 e. The van der Waals surface area contributed by atoms with Crippen molar-refractivity contribution in [2.75, 3.05) is 0 Å². The van der Waals surface area contributed by atoms with Crippen molar-refractivity contribution < 1.29 is 27.5 Å². The van der Waals surface area contributed by atoms with E-state index in [0.29, 0.717) is 0 Å². The predicted octanol–water partition coefficient (Wildman–Crippen LogP) is 2.63. The van der Waals surface area contributed by atoms with E-state index in [1.165, 1.54) is 0 Å². The molecule has 0 aliphatic carbocycles. The lowest BCUT2D eigenvalue weighted by atomic mass is 10.0. The minimum absolute atomic E-state index is 0.660. The van der Waals surface area contributed by atoms with Crippen molar-refractivity contribution in [1.82, 2.24) is 0 Å². The molecule has 0 bridgehead atoms. The average Bonchev–Trinajstić information content (AvgIpc) is 2.05. The molecule has 0 unspecified atom stereocenters. The van der Waals surface area contributed by atoms with Crippen LogP contribution in [0, 0.1) is 5.82 Å². The van der Waals surface area contributed by atoms with Crippen LogP contribution in [0.5, 0.6) is 0 Å². The number of hydrogen-bond acceptors (Lipinski definition) is 1. The molecule has 1 rings (SSSR count). The topological polar surface area (TPSA) is 37.3 Å². The van der Waals surface area contributed by atoms with Gasteiger partial charge < -0.3 is 5.11 Å². The fourth-order valence-electron chi connectivity index (χ4n) is 1.14. The van der Waals surface area contributed by atoms with Crippen molar-refractivity contribution in [3.8, 4) is 0 Å². The van der Waals surface area contributed by atoms with Crippen LogP contribution < -0.4 is 0 Å². The van der Waals surface area contributed by atoms with Crippen LogP contribution in [-0.2, 0) is 6.42 Å². The molecule has 0 saturated heterocycles. The predicted molar refractivity (Wildman–Crippen MR) is 43.1 cm³/mol. The highest BCUT2D eigenvalue weighted by Gasteiger charge is 2.31. The standard InChI is InChI=1S/C9H6F4O2/c10-7-3-1-2-5(8(14)15)6(7)4-9(11,12)13/h1-3H,4H2,(H,14,15). The summed E-state index contributed by atoms with van der Waals surface area (Å²) in [5, 5.41) is 8.55. The zero-order valence-electron chi connectivity index (χ0n) is 7.31. The summed E-state index contributed by atoms with van der Waals surface area (Å²) in [6.07, 6.45) is -6.21. The van der Waals surface area contributed by atoms with Crippen molar-refractivity contribution in [3.63, 3.8) is 0 Å². The van der Waals surface area contributed by atoms with Crippen molar-refractivity contribution in [2.45, 2.75) is 12.6 Å². The second-order valence-electron chi connectivity index (χ2n) is 2.86. The van der Waals surface area contributed by atoms with E-state index in [9.17, 15) is 22.4 Å². The van der Waals surface area contributed by atoms with Crippen LogP contribution in [0.15, 0.2) is 18.2 Å². The van der Waals surface area contributed by atoms with Crippen LogP contribution in [0.1, 0.15) is 15.9 Å². The van der Waals surface area contributed by atoms with Gasteiger partial charge in [0, 0.05) is 5.56 Å². The molecule has 0 saturated carbocycles. The van der Waals surface area contributed by atoms with Crippen molar-refractivity contribution in [3.05, 3.63) is 35.1 Å². The SMILES string of the molecule is O=C(O)c1cccc(F)c1CC(F)(F)F. The minimum Gasteiger partial charge on any atom is -0.478 e. The fourth-order valence-corrected chi connectivity index (χ4v) is 1.14. The first-order valence-electron chi connectivity index (χ1n) is 3.88. The van der Waals surface area contributed by atoms with Crippen LogP contribution in [-0.4, -0.2) is 17.3 Å². The molecule has 0 fully saturated rings. The number of carbonyl (C=O) groups is 1. The highest BCUT2D eigenvalue weighted by molar-refractivity contribution is 5.89. The second kappa shape index (κ2) is 3.88. The molecule has 0 aliphatic heterocycles. The number of aromatic carboxylic acids is 1. The van der Waals surface area contributed by atoms with E-state index in [0.717, 1.165) is 18.2 Å². The molecule has 0 aliphatic rings. The first-order chi connectivity index (χ1) is 6.81. The quantitative estimate of drug-likeness (QED) is 0.781. The molecule has 0 atom stereocenters. The van der Waals surface area contributed by atoms with Gasteiger partial charge in [0.05, 0.1) is 12.0 Å². The Morgan fingerprint density at radius 2 is 1.93 bits per heavy atom. The van der Waals surface area contributed by atoms with E-state index in [2.05, 4.69) is 0 Å². The number of halogens is 4. The van der Waals surface area contributed by atoms with Gasteiger partial charge in [-0.05, 0) is 12.1 Å². The highest BCUT2D eigenvalue weighted by atomic mass is 19.4. The van der Waals surface area contributed by atoms with E-state index < -0.39 is 35.5 Å². The molecule has 82 valence electrons. The Kier molecular flexibility index (Phi) is 2.97. The minimum atomic E-state index is -4.63. The van der Waals surface area contributed by atoms with Gasteiger partial charge in [-0.15, -0.1) is 0 Å². The maximum Gasteiger partial charge on any atom is 0.393 e. The summed E-state index contributed by atoms with van der Waals surface area (Å²) in [6, 6.07) is 2.79. The number of alkyl halides is 3. The van der Waals surface area contributed by atoms with Crippen LogP contribution >= 0.6 is 0 Å². The average molecular weight is 222 g/mol. The summed E-state index contributed by atoms with van der Waals surface area (Å²) in [5.74, 6) is -2.74. The Bertz CT molecular complexity index is 384. The normalized spacial score (nSPS) is 11.5. The Labute approximate surface area is 82.1 Å². The summed E-state index contributed by atoms with van der Waals surface area (Å²) in [5.41, 5.74) is -1.50. The molecule has 6 heteroatoms. The van der Waals surface area contributed by atoms with Gasteiger partial charge in [-0.2, -0.15) is 13.2 Å². The molecular formula is C9H6F4O2. The van der Waals surface area contributed by atoms with Crippen LogP contribution in [0.25, 0.3) is 0 Å². The van der Waals surface area contributed by atoms with E-state index in [1.54, 1.807) is 0 Å². The fraction of sp³-hybridized carbons (Fsp3) is 0.222. The molecule has 0 radical (unpaired) electrons. The highest BCUT2D eigenvalue weighted by Crippen LogP contribution is 2.25. The van der Waals surface area contributed by atoms with Gasteiger partial charge in [0.2, 0.25) is 0 Å². The van der Waals surface area contributed by atoms with Gasteiger partial charge in [0.25, 0.3) is 0 Å². The Morgan fingerprint density at radius 1 is 1.33 bits per heavy atom. The number of hydrogen-bond donors (Lipinski definition) is 1. The van der Waals surface area contributed by atoms with E-state index >= 15 is 0 Å². The van der Waals surface area contributed by atoms with Crippen molar-refractivity contribution >= 4 is 5.97 Å².